The summed E-state index contributed by atoms with van der Waals surface area (Å²) in [6, 6.07) is 10.7. The number of fused-ring (bicyclic) bond motifs is 1. The summed E-state index contributed by atoms with van der Waals surface area (Å²) >= 11 is 0. The number of halogens is 1. The summed E-state index contributed by atoms with van der Waals surface area (Å²) in [4.78, 5) is 16.6. The number of pyridine rings is 1. The van der Waals surface area contributed by atoms with Gasteiger partial charge in [-0.05, 0) is 35.2 Å². The molecule has 3 rings (SSSR count). The van der Waals surface area contributed by atoms with Crippen LogP contribution in [0.1, 0.15) is 42.4 Å². The maximum absolute atomic E-state index is 13.2. The van der Waals surface area contributed by atoms with Crippen molar-refractivity contribution in [1.82, 2.24) is 14.7 Å². The minimum absolute atomic E-state index is 0.0671. The molecule has 25 heavy (non-hydrogen) atoms. The molecule has 1 N–H and O–H groups in total. The number of amides is 1. The normalized spacial score (nSPS) is 11.7. The summed E-state index contributed by atoms with van der Waals surface area (Å²) in [5, 5.41) is 2.90. The smallest absolute Gasteiger partial charge is 0.251 e. The minimum atomic E-state index is -0.302. The van der Waals surface area contributed by atoms with Gasteiger partial charge in [-0.3, -0.25) is 4.79 Å². The van der Waals surface area contributed by atoms with Crippen LogP contribution in [0.25, 0.3) is 5.65 Å². The van der Waals surface area contributed by atoms with Crippen molar-refractivity contribution in [2.75, 3.05) is 6.54 Å². The molecule has 0 aliphatic heterocycles. The number of nitrogens with one attached hydrogen (secondary N) is 1. The molecule has 0 saturated carbocycles. The van der Waals surface area contributed by atoms with E-state index in [1.807, 2.05) is 24.3 Å². The molecule has 1 amide bonds. The molecule has 0 unspecified atom stereocenters. The Balaban J connectivity index is 1.58. The van der Waals surface area contributed by atoms with Crippen LogP contribution in [0.4, 0.5) is 4.39 Å². The molecule has 4 nitrogen and oxygen atoms in total. The molecule has 0 fully saturated rings. The van der Waals surface area contributed by atoms with Gasteiger partial charge in [0.15, 0.2) is 0 Å². The van der Waals surface area contributed by atoms with Crippen molar-refractivity contribution in [3.05, 3.63) is 71.4 Å². The summed E-state index contributed by atoms with van der Waals surface area (Å²) in [6.45, 7) is 6.90. The van der Waals surface area contributed by atoms with E-state index in [9.17, 15) is 9.18 Å². The fraction of sp³-hybridized carbons (Fsp3) is 0.300. The summed E-state index contributed by atoms with van der Waals surface area (Å²) in [6.07, 6.45) is 3.76. The highest BCUT2D eigenvalue weighted by Gasteiger charge is 2.14. The van der Waals surface area contributed by atoms with Gasteiger partial charge >= 0.3 is 0 Å². The number of carbonyl (C=O) groups excluding carboxylic acids is 1. The third-order valence-corrected chi connectivity index (χ3v) is 4.14. The number of hydrogen-bond donors (Lipinski definition) is 1. The van der Waals surface area contributed by atoms with Gasteiger partial charge in [0.1, 0.15) is 11.5 Å². The lowest BCUT2D eigenvalue weighted by Gasteiger charge is -2.19. The average Bonchev–Trinajstić information content (AvgIpc) is 2.96. The van der Waals surface area contributed by atoms with Crippen LogP contribution in [0.5, 0.6) is 0 Å². The Hall–Kier alpha value is -2.69. The summed E-state index contributed by atoms with van der Waals surface area (Å²) in [7, 11) is 0. The van der Waals surface area contributed by atoms with Crippen molar-refractivity contribution in [1.29, 1.82) is 0 Å². The van der Waals surface area contributed by atoms with Crippen molar-refractivity contribution in [3.63, 3.8) is 0 Å². The first-order valence-electron chi connectivity index (χ1n) is 8.35. The molecule has 0 aliphatic carbocycles. The summed E-state index contributed by atoms with van der Waals surface area (Å²) < 4.78 is 14.8. The number of carbonyl (C=O) groups is 1. The van der Waals surface area contributed by atoms with Gasteiger partial charge < -0.3 is 9.72 Å². The first kappa shape index (κ1) is 17.1. The van der Waals surface area contributed by atoms with Gasteiger partial charge in [0.2, 0.25) is 0 Å². The van der Waals surface area contributed by atoms with Crippen LogP contribution in [0, 0.1) is 5.82 Å². The SMILES string of the molecule is CC(C)(C)c1ccc(C(=O)NCCc2cn3cc(F)ccc3n2)cc1. The van der Waals surface area contributed by atoms with Crippen LogP contribution in [-0.4, -0.2) is 21.8 Å². The zero-order chi connectivity index (χ0) is 18.0. The van der Waals surface area contributed by atoms with E-state index in [4.69, 9.17) is 0 Å². The fourth-order valence-electron chi connectivity index (χ4n) is 2.67. The van der Waals surface area contributed by atoms with E-state index in [-0.39, 0.29) is 17.1 Å². The van der Waals surface area contributed by atoms with E-state index >= 15 is 0 Å². The largest absolute Gasteiger partial charge is 0.352 e. The Morgan fingerprint density at radius 1 is 1.12 bits per heavy atom. The second-order valence-corrected chi connectivity index (χ2v) is 7.18. The predicted molar refractivity (Wildman–Crippen MR) is 96.3 cm³/mol. The van der Waals surface area contributed by atoms with Crippen molar-refractivity contribution in [2.24, 2.45) is 0 Å². The lowest BCUT2D eigenvalue weighted by Crippen LogP contribution is -2.25. The van der Waals surface area contributed by atoms with Crippen LogP contribution in [-0.2, 0) is 11.8 Å². The van der Waals surface area contributed by atoms with Crippen molar-refractivity contribution in [3.8, 4) is 0 Å². The van der Waals surface area contributed by atoms with Gasteiger partial charge in [-0.25, -0.2) is 9.37 Å². The second-order valence-electron chi connectivity index (χ2n) is 7.18. The Morgan fingerprint density at radius 3 is 2.52 bits per heavy atom. The molecule has 130 valence electrons. The summed E-state index contributed by atoms with van der Waals surface area (Å²) in [5.41, 5.74) is 3.41. The molecule has 0 aliphatic rings. The van der Waals surface area contributed by atoms with Crippen molar-refractivity contribution < 1.29 is 9.18 Å². The van der Waals surface area contributed by atoms with E-state index < -0.39 is 0 Å². The van der Waals surface area contributed by atoms with Crippen LogP contribution < -0.4 is 5.32 Å². The van der Waals surface area contributed by atoms with Gasteiger partial charge in [-0.1, -0.05) is 32.9 Å². The van der Waals surface area contributed by atoms with Crippen LogP contribution >= 0.6 is 0 Å². The van der Waals surface area contributed by atoms with Crippen molar-refractivity contribution in [2.45, 2.75) is 32.6 Å². The topological polar surface area (TPSA) is 46.4 Å². The molecule has 3 aromatic rings. The maximum Gasteiger partial charge on any atom is 0.251 e. The number of nitrogens with zero attached hydrogens (tertiary/aromatic N) is 2. The lowest BCUT2D eigenvalue weighted by molar-refractivity contribution is 0.0954. The van der Waals surface area contributed by atoms with Gasteiger partial charge in [0.05, 0.1) is 5.69 Å². The highest BCUT2D eigenvalue weighted by Crippen LogP contribution is 2.22. The molecule has 0 bridgehead atoms. The highest BCUT2D eigenvalue weighted by molar-refractivity contribution is 5.94. The fourth-order valence-corrected chi connectivity index (χ4v) is 2.67. The molecular weight excluding hydrogens is 317 g/mol. The number of rotatable bonds is 4. The second kappa shape index (κ2) is 6.67. The Morgan fingerprint density at radius 2 is 1.84 bits per heavy atom. The number of imidazole rings is 1. The van der Waals surface area contributed by atoms with Crippen LogP contribution in [0.2, 0.25) is 0 Å². The molecule has 2 aromatic heterocycles. The molecular formula is C20H22FN3O. The van der Waals surface area contributed by atoms with Crippen LogP contribution in [0.15, 0.2) is 48.8 Å². The average molecular weight is 339 g/mol. The van der Waals surface area contributed by atoms with Gasteiger partial charge in [-0.15, -0.1) is 0 Å². The number of aromatic nitrogens is 2. The highest BCUT2D eigenvalue weighted by atomic mass is 19.1. The first-order chi connectivity index (χ1) is 11.8. The van der Waals surface area contributed by atoms with Gasteiger partial charge in [0, 0.05) is 30.9 Å². The third-order valence-electron chi connectivity index (χ3n) is 4.14. The Kier molecular flexibility index (Phi) is 4.57. The molecule has 0 spiro atoms. The zero-order valence-electron chi connectivity index (χ0n) is 14.7. The lowest BCUT2D eigenvalue weighted by atomic mass is 9.87. The van der Waals surface area contributed by atoms with Gasteiger partial charge in [0.25, 0.3) is 5.91 Å². The first-order valence-corrected chi connectivity index (χ1v) is 8.35. The maximum atomic E-state index is 13.2. The zero-order valence-corrected chi connectivity index (χ0v) is 14.7. The molecule has 0 atom stereocenters. The van der Waals surface area contributed by atoms with E-state index in [0.717, 1.165) is 5.69 Å². The third kappa shape index (κ3) is 4.05. The predicted octanol–water partition coefficient (Wildman–Crippen LogP) is 3.74. The van der Waals surface area contributed by atoms with Gasteiger partial charge in [-0.2, -0.15) is 0 Å². The Bertz CT molecular complexity index is 891. The monoisotopic (exact) mass is 339 g/mol. The van der Waals surface area contributed by atoms with E-state index in [2.05, 4.69) is 31.1 Å². The number of hydrogen-bond acceptors (Lipinski definition) is 2. The minimum Gasteiger partial charge on any atom is -0.352 e. The van der Waals surface area contributed by atoms with Crippen molar-refractivity contribution >= 4 is 11.6 Å². The van der Waals surface area contributed by atoms with E-state index in [1.54, 1.807) is 16.7 Å². The molecule has 2 heterocycles. The Labute approximate surface area is 146 Å². The van der Waals surface area contributed by atoms with Crippen LogP contribution in [0.3, 0.4) is 0 Å². The molecule has 0 saturated heterocycles. The standard InChI is InChI=1S/C20H22FN3O/c1-20(2,3)15-6-4-14(5-7-15)19(25)22-11-10-17-13-24-12-16(21)8-9-18(24)23-17/h4-9,12-13H,10-11H2,1-3H3,(H,22,25). The quantitative estimate of drug-likeness (QED) is 0.787. The number of benzene rings is 1. The molecule has 1 aromatic carbocycles. The van der Waals surface area contributed by atoms with E-state index in [1.165, 1.54) is 17.8 Å². The molecule has 0 radical (unpaired) electrons. The summed E-state index contributed by atoms with van der Waals surface area (Å²) in [5.74, 6) is -0.404. The molecule has 5 heteroatoms. The van der Waals surface area contributed by atoms with E-state index in [0.29, 0.717) is 24.2 Å².